The van der Waals surface area contributed by atoms with Crippen LogP contribution in [0.1, 0.15) is 55.6 Å². The molecule has 1 aliphatic heterocycles. The van der Waals surface area contributed by atoms with E-state index in [-0.39, 0.29) is 17.5 Å². The second-order valence-corrected chi connectivity index (χ2v) is 7.12. The first-order valence-electron chi connectivity index (χ1n) is 9.04. The third-order valence-corrected chi connectivity index (χ3v) is 5.54. The average Bonchev–Trinajstić information content (AvgIpc) is 2.60. The minimum Gasteiger partial charge on any atom is -0.496 e. The standard InChI is InChI=1S/C21H23NO3/c1-12-11-13(9-10-18(12)25-2)19-20-14(5-3-7-16(20)23)22-15-6-4-8-17(24)21(15)19/h9-11,19,22H,3-8H2,1-2H3. The fourth-order valence-corrected chi connectivity index (χ4v) is 4.40. The molecule has 4 nitrogen and oxygen atoms in total. The lowest BCUT2D eigenvalue weighted by Gasteiger charge is -2.37. The highest BCUT2D eigenvalue weighted by Gasteiger charge is 2.40. The number of dihydropyridines is 1. The fraction of sp³-hybridized carbons (Fsp3) is 0.429. The summed E-state index contributed by atoms with van der Waals surface area (Å²) in [5.41, 5.74) is 5.72. The normalized spacial score (nSPS) is 21.0. The van der Waals surface area contributed by atoms with Crippen molar-refractivity contribution < 1.29 is 14.3 Å². The molecule has 0 saturated heterocycles. The van der Waals surface area contributed by atoms with E-state index < -0.39 is 0 Å². The molecule has 1 aromatic rings. The second-order valence-electron chi connectivity index (χ2n) is 7.12. The monoisotopic (exact) mass is 337 g/mol. The Balaban J connectivity index is 1.89. The molecule has 4 rings (SSSR count). The van der Waals surface area contributed by atoms with Crippen molar-refractivity contribution in [2.24, 2.45) is 0 Å². The lowest BCUT2D eigenvalue weighted by atomic mass is 9.71. The molecule has 0 saturated carbocycles. The zero-order valence-electron chi connectivity index (χ0n) is 14.8. The van der Waals surface area contributed by atoms with Gasteiger partial charge in [0.2, 0.25) is 0 Å². The minimum atomic E-state index is -0.226. The molecule has 0 fully saturated rings. The van der Waals surface area contributed by atoms with Crippen LogP contribution in [-0.2, 0) is 9.59 Å². The number of hydrogen-bond acceptors (Lipinski definition) is 4. The number of Topliss-reactive ketones (excluding diaryl/α,β-unsaturated/α-hetero) is 2. The number of benzene rings is 1. The fourth-order valence-electron chi connectivity index (χ4n) is 4.40. The molecule has 1 heterocycles. The Hall–Kier alpha value is -2.36. The maximum absolute atomic E-state index is 12.7. The summed E-state index contributed by atoms with van der Waals surface area (Å²) in [4.78, 5) is 25.5. The van der Waals surface area contributed by atoms with Gasteiger partial charge in [0.1, 0.15) is 5.75 Å². The predicted molar refractivity (Wildman–Crippen MR) is 95.4 cm³/mol. The van der Waals surface area contributed by atoms with Gasteiger partial charge in [-0.1, -0.05) is 12.1 Å². The van der Waals surface area contributed by atoms with Crippen molar-refractivity contribution >= 4 is 11.6 Å². The molecular weight excluding hydrogens is 314 g/mol. The van der Waals surface area contributed by atoms with Gasteiger partial charge in [-0.2, -0.15) is 0 Å². The molecule has 0 aromatic heterocycles. The van der Waals surface area contributed by atoms with Crippen LogP contribution in [0.2, 0.25) is 0 Å². The zero-order chi connectivity index (χ0) is 17.6. The van der Waals surface area contributed by atoms with Crippen LogP contribution in [0.4, 0.5) is 0 Å². The molecule has 3 aliphatic rings. The Kier molecular flexibility index (Phi) is 3.98. The van der Waals surface area contributed by atoms with Gasteiger partial charge in [0.15, 0.2) is 11.6 Å². The van der Waals surface area contributed by atoms with E-state index in [1.165, 1.54) is 0 Å². The predicted octanol–water partition coefficient (Wildman–Crippen LogP) is 3.70. The summed E-state index contributed by atoms with van der Waals surface area (Å²) >= 11 is 0. The van der Waals surface area contributed by atoms with Gasteiger partial charge in [0, 0.05) is 41.3 Å². The van der Waals surface area contributed by atoms with E-state index in [9.17, 15) is 9.59 Å². The molecule has 0 spiro atoms. The van der Waals surface area contributed by atoms with E-state index in [0.29, 0.717) is 12.8 Å². The van der Waals surface area contributed by atoms with Crippen LogP contribution in [0, 0.1) is 6.92 Å². The maximum Gasteiger partial charge on any atom is 0.161 e. The number of allylic oxidation sites excluding steroid dienone is 4. The highest BCUT2D eigenvalue weighted by Crippen LogP contribution is 2.45. The van der Waals surface area contributed by atoms with Crippen LogP contribution < -0.4 is 10.1 Å². The molecule has 1 aromatic carbocycles. The number of methoxy groups -OCH3 is 1. The van der Waals surface area contributed by atoms with E-state index in [2.05, 4.69) is 11.4 Å². The van der Waals surface area contributed by atoms with E-state index >= 15 is 0 Å². The zero-order valence-corrected chi connectivity index (χ0v) is 14.8. The highest BCUT2D eigenvalue weighted by molar-refractivity contribution is 6.06. The van der Waals surface area contributed by atoms with Gasteiger partial charge in [-0.25, -0.2) is 0 Å². The van der Waals surface area contributed by atoms with Gasteiger partial charge in [-0.3, -0.25) is 9.59 Å². The van der Waals surface area contributed by atoms with Gasteiger partial charge in [0.05, 0.1) is 7.11 Å². The molecule has 2 aliphatic carbocycles. The van der Waals surface area contributed by atoms with Crippen LogP contribution in [-0.4, -0.2) is 18.7 Å². The Bertz CT molecular complexity index is 790. The van der Waals surface area contributed by atoms with E-state index in [4.69, 9.17) is 4.74 Å². The third kappa shape index (κ3) is 2.60. The third-order valence-electron chi connectivity index (χ3n) is 5.54. The van der Waals surface area contributed by atoms with Crippen LogP contribution in [0.5, 0.6) is 5.75 Å². The number of carbonyl (C=O) groups is 2. The molecule has 0 bridgehead atoms. The Morgan fingerprint density at radius 3 is 2.08 bits per heavy atom. The summed E-state index contributed by atoms with van der Waals surface area (Å²) in [6.45, 7) is 2.00. The number of ether oxygens (including phenoxy) is 1. The van der Waals surface area contributed by atoms with E-state index in [0.717, 1.165) is 65.1 Å². The number of nitrogens with one attached hydrogen (secondary N) is 1. The van der Waals surface area contributed by atoms with Crippen LogP contribution in [0.25, 0.3) is 0 Å². The molecule has 0 atom stereocenters. The first-order chi connectivity index (χ1) is 12.1. The molecular formula is C21H23NO3. The van der Waals surface area contributed by atoms with Crippen molar-refractivity contribution in [1.29, 1.82) is 0 Å². The maximum atomic E-state index is 12.7. The van der Waals surface area contributed by atoms with Crippen molar-refractivity contribution in [3.63, 3.8) is 0 Å². The van der Waals surface area contributed by atoms with E-state index in [1.54, 1.807) is 7.11 Å². The number of aryl methyl sites for hydroxylation is 1. The number of ketones is 2. The summed E-state index contributed by atoms with van der Waals surface area (Å²) in [7, 11) is 1.66. The van der Waals surface area contributed by atoms with Gasteiger partial charge >= 0.3 is 0 Å². The van der Waals surface area contributed by atoms with Gasteiger partial charge in [-0.15, -0.1) is 0 Å². The topological polar surface area (TPSA) is 55.4 Å². The number of rotatable bonds is 2. The van der Waals surface area contributed by atoms with Crippen molar-refractivity contribution in [2.75, 3.05) is 7.11 Å². The first kappa shape index (κ1) is 16.1. The summed E-state index contributed by atoms with van der Waals surface area (Å²) in [5.74, 6) is 0.955. The smallest absolute Gasteiger partial charge is 0.161 e. The van der Waals surface area contributed by atoms with Crippen molar-refractivity contribution in [3.05, 3.63) is 51.9 Å². The molecule has 0 unspecified atom stereocenters. The molecule has 25 heavy (non-hydrogen) atoms. The average molecular weight is 337 g/mol. The molecule has 1 N–H and O–H groups in total. The quantitative estimate of drug-likeness (QED) is 0.894. The van der Waals surface area contributed by atoms with Crippen LogP contribution >= 0.6 is 0 Å². The summed E-state index contributed by atoms with van der Waals surface area (Å²) in [5, 5.41) is 3.45. The van der Waals surface area contributed by atoms with Gasteiger partial charge < -0.3 is 10.1 Å². The van der Waals surface area contributed by atoms with Crippen molar-refractivity contribution in [2.45, 2.75) is 51.4 Å². The molecule has 130 valence electrons. The first-order valence-corrected chi connectivity index (χ1v) is 9.04. The van der Waals surface area contributed by atoms with Crippen molar-refractivity contribution in [3.8, 4) is 5.75 Å². The Morgan fingerprint density at radius 2 is 1.56 bits per heavy atom. The minimum absolute atomic E-state index is 0.178. The van der Waals surface area contributed by atoms with Crippen molar-refractivity contribution in [1.82, 2.24) is 5.32 Å². The lowest BCUT2D eigenvalue weighted by Crippen LogP contribution is -2.36. The SMILES string of the molecule is COc1ccc(C2C3=C(CCCC3=O)NC3=C2C(=O)CCC3)cc1C. The Labute approximate surface area is 147 Å². The van der Waals surface area contributed by atoms with E-state index in [1.807, 2.05) is 19.1 Å². The summed E-state index contributed by atoms with van der Waals surface area (Å²) in [6.07, 6.45) is 4.69. The van der Waals surface area contributed by atoms with Gasteiger partial charge in [-0.05, 0) is 49.8 Å². The van der Waals surface area contributed by atoms with Crippen LogP contribution in [0.3, 0.4) is 0 Å². The molecule has 0 radical (unpaired) electrons. The lowest BCUT2D eigenvalue weighted by molar-refractivity contribution is -0.116. The number of carbonyl (C=O) groups excluding carboxylic acids is 2. The summed E-state index contributed by atoms with van der Waals surface area (Å²) < 4.78 is 5.37. The largest absolute Gasteiger partial charge is 0.496 e. The summed E-state index contributed by atoms with van der Waals surface area (Å²) in [6, 6.07) is 6.00. The number of hydrogen-bond donors (Lipinski definition) is 1. The second kappa shape index (κ2) is 6.17. The van der Waals surface area contributed by atoms with Crippen LogP contribution in [0.15, 0.2) is 40.7 Å². The molecule has 4 heteroatoms. The highest BCUT2D eigenvalue weighted by atomic mass is 16.5. The Morgan fingerprint density at radius 1 is 0.960 bits per heavy atom. The van der Waals surface area contributed by atoms with Gasteiger partial charge in [0.25, 0.3) is 0 Å². The molecule has 0 amide bonds.